The van der Waals surface area contributed by atoms with Crippen molar-refractivity contribution in [2.45, 2.75) is 129 Å². The van der Waals surface area contributed by atoms with Crippen molar-refractivity contribution in [3.05, 3.63) is 107 Å². The Labute approximate surface area is 446 Å². The van der Waals surface area contributed by atoms with Crippen LogP contribution in [0.2, 0.25) is 0 Å². The van der Waals surface area contributed by atoms with Gasteiger partial charge in [0.05, 0.1) is 22.2 Å². The van der Waals surface area contributed by atoms with Crippen molar-refractivity contribution in [1.29, 1.82) is 0 Å². The van der Waals surface area contributed by atoms with Gasteiger partial charge in [0.25, 0.3) is 5.91 Å². The number of hydrogen-bond donors (Lipinski definition) is 4. The highest BCUT2D eigenvalue weighted by atomic mass is 32.1. The molecule has 3 aliphatic rings. The van der Waals surface area contributed by atoms with Crippen molar-refractivity contribution in [2.75, 3.05) is 57.3 Å². The minimum Gasteiger partial charge on any atom is -0.391 e. The molecular weight excluding hydrogens is 967 g/mol. The maximum absolute atomic E-state index is 14.1. The van der Waals surface area contributed by atoms with E-state index < -0.39 is 23.6 Å². The molecule has 4 aromatic rings. The number of aliphatic hydroxyl groups is 1. The van der Waals surface area contributed by atoms with Gasteiger partial charge in [-0.3, -0.25) is 33.8 Å². The molecule has 3 aliphatic heterocycles. The first-order valence-corrected chi connectivity index (χ1v) is 27.8. The molecule has 0 saturated carbocycles. The summed E-state index contributed by atoms with van der Waals surface area (Å²) in [4.78, 5) is 96.5. The number of likely N-dealkylation sites (tertiary alicyclic amines) is 2. The van der Waals surface area contributed by atoms with E-state index in [-0.39, 0.29) is 61.4 Å². The topological polar surface area (TPSA) is 197 Å². The number of pyridine rings is 1. The fourth-order valence-corrected chi connectivity index (χ4v) is 11.0. The second kappa shape index (κ2) is 27.4. The number of piperazine rings is 1. The molecule has 3 fully saturated rings. The van der Waals surface area contributed by atoms with Crippen LogP contribution in [0, 0.1) is 18.3 Å². The summed E-state index contributed by atoms with van der Waals surface area (Å²) >= 11 is 1.58. The standard InChI is InChI=1S/C58H77N9O7S/c1-41-53(75-40-62-41)45-19-16-44(17-20-45)38-61-55(72)49-36-48(68)39-67(49)57(74)54(58(2,3)4)63-51(70)14-7-5-6-8-15-52(71)65-34-32-64(33-35-65)47-23-21-46(22-24-47)56(73)66-30-26-42(27-31-66)12-9-10-29-60-50(69)25-18-43-13-11-28-59-37-43/h11,13,16-25,28,37,40,42,48-49,54,68H,5-10,12,14-15,26-27,29-36,38-39H2,1-4H3,(H,60,69)(H,61,72)(H,63,70)/b25-18+/t48-,49+,54-/m1/s1. The number of β-amino-alcohol motifs (C(OH)–C–C–N with tert-alkyl or cyclic N) is 1. The molecule has 0 aliphatic carbocycles. The second-order valence-corrected chi connectivity index (χ2v) is 22.3. The molecule has 0 bridgehead atoms. The first-order valence-electron chi connectivity index (χ1n) is 27.0. The highest BCUT2D eigenvalue weighted by molar-refractivity contribution is 7.13. The summed E-state index contributed by atoms with van der Waals surface area (Å²) in [7, 11) is 0. The van der Waals surface area contributed by atoms with E-state index in [1.54, 1.807) is 35.9 Å². The van der Waals surface area contributed by atoms with E-state index in [4.69, 9.17) is 0 Å². The van der Waals surface area contributed by atoms with Crippen molar-refractivity contribution in [3.63, 3.8) is 0 Å². The number of unbranched alkanes of at least 4 members (excludes halogenated alkanes) is 4. The van der Waals surface area contributed by atoms with Gasteiger partial charge in [-0.05, 0) is 103 Å². The van der Waals surface area contributed by atoms with E-state index in [0.29, 0.717) is 57.0 Å². The van der Waals surface area contributed by atoms with Crippen molar-refractivity contribution in [1.82, 2.24) is 40.6 Å². The van der Waals surface area contributed by atoms with Gasteiger partial charge in [0.2, 0.25) is 29.5 Å². The first-order chi connectivity index (χ1) is 36.1. The maximum atomic E-state index is 14.1. The Hall–Kier alpha value is -6.46. The minimum atomic E-state index is -0.890. The molecule has 2 aromatic carbocycles. The van der Waals surface area contributed by atoms with Gasteiger partial charge in [0.15, 0.2) is 0 Å². The Morgan fingerprint density at radius 2 is 1.55 bits per heavy atom. The average Bonchev–Trinajstić information content (AvgIpc) is 4.04. The number of nitrogens with zero attached hydrogens (tertiary/aromatic N) is 6. The Balaban J connectivity index is 0.740. The van der Waals surface area contributed by atoms with E-state index in [0.717, 1.165) is 97.4 Å². The molecule has 402 valence electrons. The summed E-state index contributed by atoms with van der Waals surface area (Å²) in [5, 5.41) is 19.5. The Bertz CT molecular complexity index is 2550. The molecule has 16 nitrogen and oxygen atoms in total. The van der Waals surface area contributed by atoms with Gasteiger partial charge in [0, 0.05) is 108 Å². The molecule has 17 heteroatoms. The van der Waals surface area contributed by atoms with Crippen molar-refractivity contribution in [2.24, 2.45) is 11.3 Å². The normalized spacial score (nSPS) is 17.8. The summed E-state index contributed by atoms with van der Waals surface area (Å²) in [5.74, 6) is -0.303. The molecule has 0 spiro atoms. The maximum Gasteiger partial charge on any atom is 0.253 e. The van der Waals surface area contributed by atoms with Crippen molar-refractivity contribution >= 4 is 58.5 Å². The molecule has 7 rings (SSSR count). The summed E-state index contributed by atoms with van der Waals surface area (Å²) in [6.45, 7) is 12.7. The largest absolute Gasteiger partial charge is 0.391 e. The summed E-state index contributed by atoms with van der Waals surface area (Å²) in [6.07, 6.45) is 14.6. The fourth-order valence-electron chi connectivity index (χ4n) is 10.2. The number of aryl methyl sites for hydroxylation is 1. The number of anilines is 1. The third kappa shape index (κ3) is 16.5. The lowest BCUT2D eigenvalue weighted by molar-refractivity contribution is -0.144. The Morgan fingerprint density at radius 3 is 2.21 bits per heavy atom. The number of thiazole rings is 1. The van der Waals surface area contributed by atoms with Crippen LogP contribution in [-0.4, -0.2) is 136 Å². The SMILES string of the molecule is Cc1ncsc1-c1ccc(CNC(=O)[C@@H]2C[C@@H](O)CN2C(=O)[C@@H](NC(=O)CCCCCCC(=O)N2CCN(c3ccc(C(=O)N4CCC(CCCCNC(=O)/C=C/c5cccnc5)CC4)cc3)CC2)C(C)(C)C)cc1. The van der Waals surface area contributed by atoms with Crippen molar-refractivity contribution in [3.8, 4) is 10.4 Å². The highest BCUT2D eigenvalue weighted by Gasteiger charge is 2.44. The fraction of sp³-hybridized carbons (Fsp3) is 0.517. The number of hydrogen-bond acceptors (Lipinski definition) is 11. The molecule has 0 unspecified atom stereocenters. The number of carbonyl (C=O) groups excluding carboxylic acids is 6. The van der Waals surface area contributed by atoms with Crippen LogP contribution < -0.4 is 20.9 Å². The lowest BCUT2D eigenvalue weighted by Gasteiger charge is -2.36. The van der Waals surface area contributed by atoms with Crippen LogP contribution in [0.1, 0.15) is 125 Å². The summed E-state index contributed by atoms with van der Waals surface area (Å²) in [6, 6.07) is 17.8. The van der Waals surface area contributed by atoms with Crippen LogP contribution in [-0.2, 0) is 30.5 Å². The highest BCUT2D eigenvalue weighted by Crippen LogP contribution is 2.30. The quantitative estimate of drug-likeness (QED) is 0.0463. The number of rotatable bonds is 22. The minimum absolute atomic E-state index is 0.0109. The zero-order valence-electron chi connectivity index (χ0n) is 44.3. The number of aromatic nitrogens is 2. The number of piperidine rings is 1. The molecule has 75 heavy (non-hydrogen) atoms. The van der Waals surface area contributed by atoms with Gasteiger partial charge in [-0.1, -0.05) is 76.8 Å². The van der Waals surface area contributed by atoms with Crippen LogP contribution in [0.15, 0.2) is 84.6 Å². The van der Waals surface area contributed by atoms with Gasteiger partial charge in [-0.15, -0.1) is 11.3 Å². The number of aliphatic hydroxyl groups excluding tert-OH is 1. The van der Waals surface area contributed by atoms with E-state index in [9.17, 15) is 33.9 Å². The van der Waals surface area contributed by atoms with Crippen LogP contribution in [0.4, 0.5) is 5.69 Å². The Kier molecular flexibility index (Phi) is 20.5. The van der Waals surface area contributed by atoms with Gasteiger partial charge in [0.1, 0.15) is 12.1 Å². The van der Waals surface area contributed by atoms with Crippen LogP contribution in [0.5, 0.6) is 0 Å². The molecule has 4 N–H and O–H groups in total. The van der Waals surface area contributed by atoms with E-state index in [1.807, 2.05) is 104 Å². The lowest BCUT2D eigenvalue weighted by Crippen LogP contribution is -2.57. The predicted octanol–water partition coefficient (Wildman–Crippen LogP) is 7.16. The molecule has 5 heterocycles. The average molecular weight is 1040 g/mol. The zero-order chi connectivity index (χ0) is 53.3. The van der Waals surface area contributed by atoms with Gasteiger partial charge < -0.3 is 40.7 Å². The summed E-state index contributed by atoms with van der Waals surface area (Å²) in [5.41, 5.74) is 6.72. The van der Waals surface area contributed by atoms with Crippen LogP contribution in [0.25, 0.3) is 16.5 Å². The van der Waals surface area contributed by atoms with Gasteiger partial charge in [-0.2, -0.15) is 0 Å². The predicted molar refractivity (Wildman–Crippen MR) is 293 cm³/mol. The number of carbonyl (C=O) groups is 6. The monoisotopic (exact) mass is 1040 g/mol. The zero-order valence-corrected chi connectivity index (χ0v) is 45.1. The van der Waals surface area contributed by atoms with Crippen LogP contribution in [0.3, 0.4) is 0 Å². The third-order valence-electron chi connectivity index (χ3n) is 14.7. The van der Waals surface area contributed by atoms with Crippen molar-refractivity contribution < 1.29 is 33.9 Å². The molecule has 3 atom stereocenters. The smallest absolute Gasteiger partial charge is 0.253 e. The molecule has 2 aromatic heterocycles. The van der Waals surface area contributed by atoms with E-state index in [2.05, 4.69) is 30.8 Å². The van der Waals surface area contributed by atoms with E-state index in [1.165, 1.54) is 4.90 Å². The Morgan fingerprint density at radius 1 is 0.827 bits per heavy atom. The van der Waals surface area contributed by atoms with Gasteiger partial charge in [-0.25, -0.2) is 4.98 Å². The van der Waals surface area contributed by atoms with E-state index >= 15 is 0 Å². The molecular formula is C58H77N9O7S. The molecule has 6 amide bonds. The third-order valence-corrected chi connectivity index (χ3v) is 15.7. The summed E-state index contributed by atoms with van der Waals surface area (Å²) < 4.78 is 0. The van der Waals surface area contributed by atoms with Crippen LogP contribution >= 0.6 is 11.3 Å². The molecule has 0 radical (unpaired) electrons. The number of nitrogens with one attached hydrogen (secondary N) is 3. The second-order valence-electron chi connectivity index (χ2n) is 21.4. The lowest BCUT2D eigenvalue weighted by atomic mass is 9.85. The number of amides is 6. The first kappa shape index (κ1) is 56.3. The van der Waals surface area contributed by atoms with Gasteiger partial charge >= 0.3 is 0 Å². The molecule has 3 saturated heterocycles. The number of benzene rings is 2.